The Morgan fingerprint density at radius 3 is 2.75 bits per heavy atom. The number of rotatable bonds is 2. The van der Waals surface area contributed by atoms with Crippen LogP contribution in [0.3, 0.4) is 0 Å². The van der Waals surface area contributed by atoms with Crippen molar-refractivity contribution in [1.82, 2.24) is 4.98 Å². The first-order valence-electron chi connectivity index (χ1n) is 5.21. The fourth-order valence-corrected chi connectivity index (χ4v) is 2.42. The summed E-state index contributed by atoms with van der Waals surface area (Å²) in [5, 5.41) is 0. The number of methoxy groups -OCH3 is 1. The fraction of sp³-hybridized carbons (Fsp3) is 0.455. The van der Waals surface area contributed by atoms with Crippen molar-refractivity contribution in [2.75, 3.05) is 25.1 Å². The summed E-state index contributed by atoms with van der Waals surface area (Å²) < 4.78 is 5.49. The van der Waals surface area contributed by atoms with Gasteiger partial charge in [0.2, 0.25) is 0 Å². The number of nitrogens with zero attached hydrogens (tertiary/aromatic N) is 2. The third-order valence-corrected chi connectivity index (χ3v) is 3.23. The van der Waals surface area contributed by atoms with Gasteiger partial charge in [-0.25, -0.2) is 9.78 Å². The van der Waals surface area contributed by atoms with Crippen LogP contribution >= 0.6 is 15.9 Å². The minimum Gasteiger partial charge on any atom is -0.465 e. The summed E-state index contributed by atoms with van der Waals surface area (Å²) in [5.41, 5.74) is 0.470. The molecule has 1 aromatic heterocycles. The zero-order chi connectivity index (χ0) is 11.5. The van der Waals surface area contributed by atoms with Crippen LogP contribution in [0.5, 0.6) is 0 Å². The summed E-state index contributed by atoms with van der Waals surface area (Å²) in [4.78, 5) is 17.8. The number of hydrogen-bond acceptors (Lipinski definition) is 4. The molecule has 0 saturated carbocycles. The van der Waals surface area contributed by atoms with Gasteiger partial charge in [-0.3, -0.25) is 0 Å². The molecule has 16 heavy (non-hydrogen) atoms. The molecular weight excluding hydrogens is 272 g/mol. The zero-order valence-electron chi connectivity index (χ0n) is 9.07. The number of carbonyl (C=O) groups is 1. The molecule has 0 radical (unpaired) electrons. The molecule has 0 aliphatic carbocycles. The Balaban J connectivity index is 2.25. The molecule has 1 fully saturated rings. The van der Waals surface area contributed by atoms with Gasteiger partial charge in [0.25, 0.3) is 0 Å². The van der Waals surface area contributed by atoms with Crippen LogP contribution in [-0.4, -0.2) is 31.2 Å². The molecule has 2 heterocycles. The van der Waals surface area contributed by atoms with Gasteiger partial charge in [0.05, 0.1) is 17.1 Å². The lowest BCUT2D eigenvalue weighted by Gasteiger charge is -2.17. The second kappa shape index (κ2) is 4.82. The van der Waals surface area contributed by atoms with E-state index in [1.54, 1.807) is 12.3 Å². The Hall–Kier alpha value is -1.10. The zero-order valence-corrected chi connectivity index (χ0v) is 10.7. The van der Waals surface area contributed by atoms with Crippen LogP contribution < -0.4 is 4.90 Å². The molecule has 0 bridgehead atoms. The lowest BCUT2D eigenvalue weighted by atomic mass is 10.3. The van der Waals surface area contributed by atoms with Crippen LogP contribution in [0.2, 0.25) is 0 Å². The van der Waals surface area contributed by atoms with Crippen LogP contribution in [0, 0.1) is 0 Å². The van der Waals surface area contributed by atoms with Gasteiger partial charge in [-0.15, -0.1) is 0 Å². The lowest BCUT2D eigenvalue weighted by molar-refractivity contribution is 0.0600. The van der Waals surface area contributed by atoms with Gasteiger partial charge < -0.3 is 9.64 Å². The molecule has 0 atom stereocenters. The third kappa shape index (κ3) is 2.19. The van der Waals surface area contributed by atoms with Crippen LogP contribution in [0.15, 0.2) is 16.7 Å². The Labute approximate surface area is 103 Å². The average molecular weight is 285 g/mol. The van der Waals surface area contributed by atoms with Crippen LogP contribution in [0.1, 0.15) is 23.2 Å². The molecule has 4 nitrogen and oxygen atoms in total. The van der Waals surface area contributed by atoms with Crippen molar-refractivity contribution in [3.63, 3.8) is 0 Å². The standard InChI is InChI=1S/C11H13BrN2O2/c1-16-11(15)8-6-9(12)10(13-7-8)14-4-2-3-5-14/h6-7H,2-5H2,1H3. The van der Waals surface area contributed by atoms with E-state index in [0.717, 1.165) is 23.4 Å². The van der Waals surface area contributed by atoms with E-state index in [0.29, 0.717) is 5.56 Å². The highest BCUT2D eigenvalue weighted by Crippen LogP contribution is 2.27. The van der Waals surface area contributed by atoms with E-state index in [9.17, 15) is 4.79 Å². The summed E-state index contributed by atoms with van der Waals surface area (Å²) >= 11 is 3.44. The van der Waals surface area contributed by atoms with Gasteiger partial charge in [-0.1, -0.05) is 0 Å². The van der Waals surface area contributed by atoms with Crippen molar-refractivity contribution in [3.8, 4) is 0 Å². The van der Waals surface area contributed by atoms with E-state index in [1.165, 1.54) is 20.0 Å². The highest BCUT2D eigenvalue weighted by atomic mass is 79.9. The predicted octanol–water partition coefficient (Wildman–Crippen LogP) is 2.23. The quantitative estimate of drug-likeness (QED) is 0.781. The van der Waals surface area contributed by atoms with Crippen LogP contribution in [0.25, 0.3) is 0 Å². The Bertz CT molecular complexity index is 403. The van der Waals surface area contributed by atoms with Gasteiger partial charge >= 0.3 is 5.97 Å². The maximum Gasteiger partial charge on any atom is 0.339 e. The summed E-state index contributed by atoms with van der Waals surface area (Å²) in [5.74, 6) is 0.548. The minimum absolute atomic E-state index is 0.360. The number of carbonyl (C=O) groups excluding carboxylic acids is 1. The van der Waals surface area contributed by atoms with E-state index < -0.39 is 0 Å². The molecule has 0 aromatic carbocycles. The molecule has 0 unspecified atom stereocenters. The number of esters is 1. The molecule has 86 valence electrons. The van der Waals surface area contributed by atoms with Gasteiger partial charge in [0, 0.05) is 19.3 Å². The average Bonchev–Trinajstić information content (AvgIpc) is 2.81. The molecule has 0 N–H and O–H groups in total. The first-order valence-corrected chi connectivity index (χ1v) is 6.00. The van der Waals surface area contributed by atoms with E-state index in [4.69, 9.17) is 0 Å². The number of anilines is 1. The Kier molecular flexibility index (Phi) is 3.43. The largest absolute Gasteiger partial charge is 0.465 e. The van der Waals surface area contributed by atoms with E-state index in [-0.39, 0.29) is 5.97 Å². The number of halogens is 1. The third-order valence-electron chi connectivity index (χ3n) is 2.65. The first kappa shape index (κ1) is 11.4. The maximum atomic E-state index is 11.3. The second-order valence-electron chi connectivity index (χ2n) is 3.72. The summed E-state index contributed by atoms with van der Waals surface area (Å²) in [6.45, 7) is 2.06. The molecular formula is C11H13BrN2O2. The molecule has 1 aromatic rings. The highest BCUT2D eigenvalue weighted by molar-refractivity contribution is 9.10. The van der Waals surface area contributed by atoms with Crippen molar-refractivity contribution in [3.05, 3.63) is 22.3 Å². The molecule has 1 aliphatic heterocycles. The Morgan fingerprint density at radius 1 is 1.50 bits per heavy atom. The lowest BCUT2D eigenvalue weighted by Crippen LogP contribution is -2.19. The highest BCUT2D eigenvalue weighted by Gasteiger charge is 2.17. The number of aromatic nitrogens is 1. The maximum absolute atomic E-state index is 11.3. The fourth-order valence-electron chi connectivity index (χ4n) is 1.82. The summed E-state index contributed by atoms with van der Waals surface area (Å²) in [6.07, 6.45) is 3.96. The summed E-state index contributed by atoms with van der Waals surface area (Å²) in [7, 11) is 1.37. The van der Waals surface area contributed by atoms with Crippen molar-refractivity contribution >= 4 is 27.7 Å². The van der Waals surface area contributed by atoms with Crippen molar-refractivity contribution in [2.24, 2.45) is 0 Å². The summed E-state index contributed by atoms with van der Waals surface area (Å²) in [6, 6.07) is 1.76. The van der Waals surface area contributed by atoms with Crippen molar-refractivity contribution in [1.29, 1.82) is 0 Å². The van der Waals surface area contributed by atoms with E-state index in [2.05, 4.69) is 30.6 Å². The molecule has 5 heteroatoms. The van der Waals surface area contributed by atoms with Gasteiger partial charge in [0.15, 0.2) is 0 Å². The van der Waals surface area contributed by atoms with Gasteiger partial charge in [0.1, 0.15) is 5.82 Å². The van der Waals surface area contributed by atoms with Crippen molar-refractivity contribution in [2.45, 2.75) is 12.8 Å². The smallest absolute Gasteiger partial charge is 0.339 e. The van der Waals surface area contributed by atoms with Crippen LogP contribution in [-0.2, 0) is 4.74 Å². The van der Waals surface area contributed by atoms with Crippen molar-refractivity contribution < 1.29 is 9.53 Å². The van der Waals surface area contributed by atoms with Gasteiger partial charge in [-0.05, 0) is 34.8 Å². The molecule has 2 rings (SSSR count). The second-order valence-corrected chi connectivity index (χ2v) is 4.57. The molecule has 0 amide bonds. The number of pyridine rings is 1. The van der Waals surface area contributed by atoms with E-state index in [1.807, 2.05) is 0 Å². The Morgan fingerprint density at radius 2 is 2.19 bits per heavy atom. The monoisotopic (exact) mass is 284 g/mol. The number of hydrogen-bond donors (Lipinski definition) is 0. The first-order chi connectivity index (χ1) is 7.72. The van der Waals surface area contributed by atoms with E-state index >= 15 is 0 Å². The SMILES string of the molecule is COC(=O)c1cnc(N2CCCC2)c(Br)c1. The predicted molar refractivity (Wildman–Crippen MR) is 64.7 cm³/mol. The van der Waals surface area contributed by atoms with Gasteiger partial charge in [-0.2, -0.15) is 0 Å². The molecule has 0 spiro atoms. The minimum atomic E-state index is -0.360. The normalized spacial score (nSPS) is 15.2. The number of ether oxygens (including phenoxy) is 1. The van der Waals surface area contributed by atoms with Crippen LogP contribution in [0.4, 0.5) is 5.82 Å². The topological polar surface area (TPSA) is 42.4 Å². The molecule has 1 aliphatic rings. The molecule has 1 saturated heterocycles.